The molecule has 5 heteroatoms. The molecule has 0 saturated heterocycles. The third-order valence-corrected chi connectivity index (χ3v) is 3.59. The van der Waals surface area contributed by atoms with Crippen LogP contribution >= 0.6 is 22.6 Å². The maximum atomic E-state index is 11.6. The van der Waals surface area contributed by atoms with E-state index in [-0.39, 0.29) is 11.8 Å². The summed E-state index contributed by atoms with van der Waals surface area (Å²) in [6.45, 7) is 0. The van der Waals surface area contributed by atoms with E-state index in [9.17, 15) is 9.59 Å². The van der Waals surface area contributed by atoms with Gasteiger partial charge in [-0.3, -0.25) is 14.9 Å². The molecule has 0 unspecified atom stereocenters. The number of nitrogens with one attached hydrogen (secondary N) is 2. The Morgan fingerprint density at radius 2 is 1.47 bits per heavy atom. The monoisotopic (exact) mass is 364 g/mol. The Morgan fingerprint density at radius 1 is 0.842 bits per heavy atom. The van der Waals surface area contributed by atoms with E-state index in [1.807, 2.05) is 24.3 Å². The quantitative estimate of drug-likeness (QED) is 0.637. The van der Waals surface area contributed by atoms with E-state index in [2.05, 4.69) is 33.2 Å². The number of benzene rings is 2. The molecule has 1 heterocycles. The lowest BCUT2D eigenvalue weighted by Gasteiger charge is -2.07. The van der Waals surface area contributed by atoms with Gasteiger partial charge in [-0.2, -0.15) is 0 Å². The summed E-state index contributed by atoms with van der Waals surface area (Å²) in [4.78, 5) is 23.0. The fourth-order valence-corrected chi connectivity index (χ4v) is 2.31. The molecule has 4 nitrogen and oxygen atoms in total. The average molecular weight is 364 g/mol. The lowest BCUT2D eigenvalue weighted by atomic mass is 10.1. The van der Waals surface area contributed by atoms with Crippen molar-refractivity contribution in [1.29, 1.82) is 0 Å². The van der Waals surface area contributed by atoms with Crippen LogP contribution < -0.4 is 10.6 Å². The fourth-order valence-electron chi connectivity index (χ4n) is 1.95. The first-order valence-electron chi connectivity index (χ1n) is 5.66. The molecule has 1 aliphatic rings. The second kappa shape index (κ2) is 4.65. The zero-order chi connectivity index (χ0) is 13.4. The zero-order valence-electron chi connectivity index (χ0n) is 9.74. The van der Waals surface area contributed by atoms with Gasteiger partial charge in [0, 0.05) is 14.9 Å². The number of fused-ring (bicyclic) bond motifs is 1. The summed E-state index contributed by atoms with van der Waals surface area (Å²) in [5.74, 6) is -0.674. The van der Waals surface area contributed by atoms with Crippen LogP contribution in [0, 0.1) is 3.57 Å². The van der Waals surface area contributed by atoms with Gasteiger partial charge in [0.05, 0.1) is 11.1 Å². The Labute approximate surface area is 123 Å². The van der Waals surface area contributed by atoms with Crippen molar-refractivity contribution in [2.75, 3.05) is 5.32 Å². The molecule has 2 amide bonds. The first-order valence-corrected chi connectivity index (χ1v) is 6.74. The number of amides is 2. The van der Waals surface area contributed by atoms with Crippen LogP contribution in [0.5, 0.6) is 0 Å². The molecule has 3 rings (SSSR count). The molecule has 0 radical (unpaired) electrons. The standard InChI is InChI=1S/C14H9IN2O2/c15-8-1-3-9(4-2-8)16-10-5-6-11-12(7-10)14(19)17-13(11)18/h1-7,16H,(H,17,18,19). The molecule has 94 valence electrons. The van der Waals surface area contributed by atoms with Gasteiger partial charge in [0.2, 0.25) is 0 Å². The summed E-state index contributed by atoms with van der Waals surface area (Å²) >= 11 is 2.24. The van der Waals surface area contributed by atoms with Crippen molar-refractivity contribution in [3.05, 3.63) is 57.2 Å². The molecule has 2 aromatic carbocycles. The second-order valence-electron chi connectivity index (χ2n) is 4.18. The number of hydrogen-bond donors (Lipinski definition) is 2. The SMILES string of the molecule is O=C1NC(=O)c2cc(Nc3ccc(I)cc3)ccc21. The van der Waals surface area contributed by atoms with Crippen LogP contribution in [0.25, 0.3) is 0 Å². The predicted octanol–water partition coefficient (Wildman–Crippen LogP) is 2.92. The Balaban J connectivity index is 1.91. The summed E-state index contributed by atoms with van der Waals surface area (Å²) in [5.41, 5.74) is 2.56. The smallest absolute Gasteiger partial charge is 0.259 e. The first kappa shape index (κ1) is 12.2. The normalized spacial score (nSPS) is 13.1. The van der Waals surface area contributed by atoms with Gasteiger partial charge in [0.1, 0.15) is 0 Å². The molecule has 0 aliphatic carbocycles. The van der Waals surface area contributed by atoms with E-state index in [4.69, 9.17) is 0 Å². The Bertz CT molecular complexity index is 680. The molecule has 0 bridgehead atoms. The average Bonchev–Trinajstić information content (AvgIpc) is 2.68. The highest BCUT2D eigenvalue weighted by atomic mass is 127. The minimum absolute atomic E-state index is 0.333. The molecule has 2 N–H and O–H groups in total. The molecule has 2 aromatic rings. The van der Waals surface area contributed by atoms with E-state index >= 15 is 0 Å². The van der Waals surface area contributed by atoms with Crippen molar-refractivity contribution in [2.45, 2.75) is 0 Å². The van der Waals surface area contributed by atoms with Crippen LogP contribution in [0.2, 0.25) is 0 Å². The van der Waals surface area contributed by atoms with Crippen LogP contribution in [0.15, 0.2) is 42.5 Å². The van der Waals surface area contributed by atoms with Crippen molar-refractivity contribution >= 4 is 45.8 Å². The number of rotatable bonds is 2. The molecule has 0 atom stereocenters. The zero-order valence-corrected chi connectivity index (χ0v) is 11.9. The van der Waals surface area contributed by atoms with Crippen LogP contribution in [0.4, 0.5) is 11.4 Å². The maximum absolute atomic E-state index is 11.6. The third-order valence-electron chi connectivity index (χ3n) is 2.87. The Morgan fingerprint density at radius 3 is 2.21 bits per heavy atom. The van der Waals surface area contributed by atoms with E-state index in [1.165, 1.54) is 0 Å². The van der Waals surface area contributed by atoms with E-state index in [0.717, 1.165) is 14.9 Å². The van der Waals surface area contributed by atoms with Crippen molar-refractivity contribution in [1.82, 2.24) is 5.32 Å². The highest BCUT2D eigenvalue weighted by Crippen LogP contribution is 2.23. The van der Waals surface area contributed by atoms with Crippen LogP contribution in [-0.2, 0) is 0 Å². The summed E-state index contributed by atoms with van der Waals surface area (Å²) in [5, 5.41) is 5.48. The first-order chi connectivity index (χ1) is 9.13. The Hall–Kier alpha value is -1.89. The highest BCUT2D eigenvalue weighted by molar-refractivity contribution is 14.1. The van der Waals surface area contributed by atoms with Crippen molar-refractivity contribution < 1.29 is 9.59 Å². The number of imide groups is 1. The number of halogens is 1. The van der Waals surface area contributed by atoms with E-state index < -0.39 is 0 Å². The number of carbonyl (C=O) groups is 2. The van der Waals surface area contributed by atoms with Gasteiger partial charge in [-0.15, -0.1) is 0 Å². The minimum Gasteiger partial charge on any atom is -0.356 e. The van der Waals surface area contributed by atoms with Gasteiger partial charge in [-0.05, 0) is 65.1 Å². The molecule has 1 aliphatic heterocycles. The minimum atomic E-state index is -0.341. The fraction of sp³-hybridized carbons (Fsp3) is 0. The molecule has 0 fully saturated rings. The second-order valence-corrected chi connectivity index (χ2v) is 5.42. The topological polar surface area (TPSA) is 58.2 Å². The predicted molar refractivity (Wildman–Crippen MR) is 80.7 cm³/mol. The number of anilines is 2. The molecular formula is C14H9IN2O2. The summed E-state index contributed by atoms with van der Waals surface area (Å²) < 4.78 is 1.15. The summed E-state index contributed by atoms with van der Waals surface area (Å²) in [7, 11) is 0. The van der Waals surface area contributed by atoms with Gasteiger partial charge < -0.3 is 5.32 Å². The number of carbonyl (C=O) groups excluding carboxylic acids is 2. The van der Waals surface area contributed by atoms with Gasteiger partial charge in [-0.1, -0.05) is 0 Å². The maximum Gasteiger partial charge on any atom is 0.259 e. The molecule has 0 spiro atoms. The van der Waals surface area contributed by atoms with Gasteiger partial charge in [-0.25, -0.2) is 0 Å². The molecule has 0 aromatic heterocycles. The molecule has 0 saturated carbocycles. The van der Waals surface area contributed by atoms with Crippen molar-refractivity contribution in [3.8, 4) is 0 Å². The van der Waals surface area contributed by atoms with Crippen LogP contribution in [0.3, 0.4) is 0 Å². The lowest BCUT2D eigenvalue weighted by molar-refractivity contribution is 0.0879. The largest absolute Gasteiger partial charge is 0.356 e. The highest BCUT2D eigenvalue weighted by Gasteiger charge is 2.26. The van der Waals surface area contributed by atoms with Crippen LogP contribution in [0.1, 0.15) is 20.7 Å². The van der Waals surface area contributed by atoms with E-state index in [0.29, 0.717) is 11.1 Å². The molecular weight excluding hydrogens is 355 g/mol. The molecule has 19 heavy (non-hydrogen) atoms. The third kappa shape index (κ3) is 2.33. The van der Waals surface area contributed by atoms with Crippen LogP contribution in [-0.4, -0.2) is 11.8 Å². The summed E-state index contributed by atoms with van der Waals surface area (Å²) in [6, 6.07) is 13.0. The van der Waals surface area contributed by atoms with Crippen molar-refractivity contribution in [2.24, 2.45) is 0 Å². The number of hydrogen-bond acceptors (Lipinski definition) is 3. The van der Waals surface area contributed by atoms with Gasteiger partial charge in [0.15, 0.2) is 0 Å². The summed E-state index contributed by atoms with van der Waals surface area (Å²) in [6.07, 6.45) is 0. The van der Waals surface area contributed by atoms with Crippen molar-refractivity contribution in [3.63, 3.8) is 0 Å². The van der Waals surface area contributed by atoms with Gasteiger partial charge >= 0.3 is 0 Å². The Kier molecular flexibility index (Phi) is 2.98. The van der Waals surface area contributed by atoms with Gasteiger partial charge in [0.25, 0.3) is 11.8 Å². The van der Waals surface area contributed by atoms with E-state index in [1.54, 1.807) is 18.2 Å². The lowest BCUT2D eigenvalue weighted by Crippen LogP contribution is -2.19.